The van der Waals surface area contributed by atoms with Crippen LogP contribution in [0.25, 0.3) is 16.5 Å². The fraction of sp³-hybridized carbons (Fsp3) is 0. The fourth-order valence-corrected chi connectivity index (χ4v) is 4.08. The molecular weight excluding hydrogens is 362 g/mol. The second-order valence-corrected chi connectivity index (χ2v) is 7.58. The van der Waals surface area contributed by atoms with Gasteiger partial charge in [0.05, 0.1) is 4.90 Å². The molecule has 0 aliphatic heterocycles. The Morgan fingerprint density at radius 3 is 2.56 bits per heavy atom. The molecule has 0 fully saturated rings. The standard InChI is InChI=1S/C20H15N3O3S/c24-20(15-5-3-7-17(13-15)23-11-1-2-12-23)22-27(25,26)19-8-4-6-16-14-21-10-9-18(16)19/h1-14H,(H,22,24). The number of aromatic nitrogens is 2. The Morgan fingerprint density at radius 2 is 1.74 bits per heavy atom. The minimum absolute atomic E-state index is 0.0392. The van der Waals surface area contributed by atoms with E-state index in [9.17, 15) is 13.2 Å². The van der Waals surface area contributed by atoms with E-state index >= 15 is 0 Å². The molecule has 0 aliphatic carbocycles. The number of hydrogen-bond acceptors (Lipinski definition) is 4. The molecule has 4 rings (SSSR count). The smallest absolute Gasteiger partial charge is 0.265 e. The van der Waals surface area contributed by atoms with Crippen molar-refractivity contribution in [2.75, 3.05) is 0 Å². The number of benzene rings is 2. The Kier molecular flexibility index (Phi) is 4.21. The maximum atomic E-state index is 12.8. The zero-order valence-electron chi connectivity index (χ0n) is 14.1. The van der Waals surface area contributed by atoms with Crippen LogP contribution in [0.5, 0.6) is 0 Å². The van der Waals surface area contributed by atoms with Crippen LogP contribution in [-0.4, -0.2) is 23.9 Å². The van der Waals surface area contributed by atoms with Crippen LogP contribution in [0, 0.1) is 0 Å². The summed E-state index contributed by atoms with van der Waals surface area (Å²) < 4.78 is 29.6. The lowest BCUT2D eigenvalue weighted by Crippen LogP contribution is -2.30. The van der Waals surface area contributed by atoms with Crippen molar-refractivity contribution in [3.63, 3.8) is 0 Å². The topological polar surface area (TPSA) is 81.1 Å². The molecule has 0 atom stereocenters. The van der Waals surface area contributed by atoms with Crippen LogP contribution in [0.2, 0.25) is 0 Å². The highest BCUT2D eigenvalue weighted by atomic mass is 32.2. The zero-order valence-corrected chi connectivity index (χ0v) is 14.9. The molecule has 0 unspecified atom stereocenters. The lowest BCUT2D eigenvalue weighted by atomic mass is 10.2. The molecule has 134 valence electrons. The molecule has 2 aromatic carbocycles. The van der Waals surface area contributed by atoms with Crippen molar-refractivity contribution >= 4 is 26.7 Å². The number of nitrogens with one attached hydrogen (secondary N) is 1. The zero-order chi connectivity index (χ0) is 18.9. The molecule has 0 radical (unpaired) electrons. The number of nitrogens with zero attached hydrogens (tertiary/aromatic N) is 2. The number of amides is 1. The first-order valence-corrected chi connectivity index (χ1v) is 9.66. The summed E-state index contributed by atoms with van der Waals surface area (Å²) in [4.78, 5) is 16.6. The van der Waals surface area contributed by atoms with E-state index in [1.807, 2.05) is 35.2 Å². The second-order valence-electron chi connectivity index (χ2n) is 5.93. The quantitative estimate of drug-likeness (QED) is 0.592. The van der Waals surface area contributed by atoms with Gasteiger partial charge in [-0.25, -0.2) is 13.1 Å². The summed E-state index contributed by atoms with van der Waals surface area (Å²) in [6.45, 7) is 0. The van der Waals surface area contributed by atoms with Crippen LogP contribution in [0.3, 0.4) is 0 Å². The minimum Gasteiger partial charge on any atom is -0.324 e. The van der Waals surface area contributed by atoms with E-state index in [1.54, 1.807) is 42.6 Å². The normalized spacial score (nSPS) is 11.4. The van der Waals surface area contributed by atoms with E-state index < -0.39 is 15.9 Å². The molecule has 0 saturated carbocycles. The number of pyridine rings is 1. The Bertz CT molecular complexity index is 1230. The van der Waals surface area contributed by atoms with Crippen molar-refractivity contribution in [1.82, 2.24) is 14.3 Å². The average Bonchev–Trinajstić information content (AvgIpc) is 3.22. The number of rotatable bonds is 4. The van der Waals surface area contributed by atoms with Gasteiger partial charge in [-0.15, -0.1) is 0 Å². The first-order chi connectivity index (χ1) is 13.0. The summed E-state index contributed by atoms with van der Waals surface area (Å²) >= 11 is 0. The highest BCUT2D eigenvalue weighted by Gasteiger charge is 2.21. The van der Waals surface area contributed by atoms with E-state index in [4.69, 9.17) is 0 Å². The average molecular weight is 377 g/mol. The largest absolute Gasteiger partial charge is 0.324 e. The first-order valence-electron chi connectivity index (χ1n) is 8.18. The monoisotopic (exact) mass is 377 g/mol. The molecule has 6 nitrogen and oxygen atoms in total. The third-order valence-corrected chi connectivity index (χ3v) is 5.56. The predicted octanol–water partition coefficient (Wildman–Crippen LogP) is 3.14. The van der Waals surface area contributed by atoms with Crippen LogP contribution >= 0.6 is 0 Å². The predicted molar refractivity (Wildman–Crippen MR) is 102 cm³/mol. The summed E-state index contributed by atoms with van der Waals surface area (Å²) in [5, 5.41) is 1.19. The number of carbonyl (C=O) groups is 1. The van der Waals surface area contributed by atoms with E-state index in [2.05, 4.69) is 9.71 Å². The van der Waals surface area contributed by atoms with Crippen LogP contribution in [-0.2, 0) is 10.0 Å². The number of fused-ring (bicyclic) bond motifs is 1. The molecule has 0 saturated heterocycles. The van der Waals surface area contributed by atoms with Crippen molar-refractivity contribution in [1.29, 1.82) is 0 Å². The van der Waals surface area contributed by atoms with E-state index in [1.165, 1.54) is 12.3 Å². The van der Waals surface area contributed by atoms with Gasteiger partial charge in [0.2, 0.25) is 0 Å². The van der Waals surface area contributed by atoms with Gasteiger partial charge in [-0.3, -0.25) is 9.78 Å². The van der Waals surface area contributed by atoms with Gasteiger partial charge in [0, 0.05) is 46.8 Å². The molecule has 7 heteroatoms. The molecular formula is C20H15N3O3S. The summed E-state index contributed by atoms with van der Waals surface area (Å²) in [7, 11) is -4.04. The van der Waals surface area contributed by atoms with Crippen LogP contribution in [0.15, 0.2) is 90.3 Å². The van der Waals surface area contributed by atoms with E-state index in [0.717, 1.165) is 5.69 Å². The molecule has 0 bridgehead atoms. The summed E-state index contributed by atoms with van der Waals surface area (Å²) in [6.07, 6.45) is 6.79. The van der Waals surface area contributed by atoms with Gasteiger partial charge in [0.15, 0.2) is 0 Å². The van der Waals surface area contributed by atoms with E-state index in [0.29, 0.717) is 10.8 Å². The number of carbonyl (C=O) groups excluding carboxylic acids is 1. The third kappa shape index (κ3) is 3.32. The van der Waals surface area contributed by atoms with Crippen molar-refractivity contribution < 1.29 is 13.2 Å². The maximum Gasteiger partial charge on any atom is 0.265 e. The summed E-state index contributed by atoms with van der Waals surface area (Å²) in [6, 6.07) is 17.0. The van der Waals surface area contributed by atoms with Crippen LogP contribution in [0.1, 0.15) is 10.4 Å². The summed E-state index contributed by atoms with van der Waals surface area (Å²) in [5.41, 5.74) is 1.02. The van der Waals surface area contributed by atoms with Crippen molar-refractivity contribution in [2.45, 2.75) is 4.90 Å². The van der Waals surface area contributed by atoms with Crippen LogP contribution < -0.4 is 4.72 Å². The highest BCUT2D eigenvalue weighted by Crippen LogP contribution is 2.22. The minimum atomic E-state index is -4.04. The Labute approximate surface area is 156 Å². The van der Waals surface area contributed by atoms with Gasteiger partial charge in [0.25, 0.3) is 15.9 Å². The van der Waals surface area contributed by atoms with Gasteiger partial charge in [-0.1, -0.05) is 18.2 Å². The SMILES string of the molecule is O=C(NS(=O)(=O)c1cccc2cnccc12)c1cccc(-n2cccc2)c1. The van der Waals surface area contributed by atoms with E-state index in [-0.39, 0.29) is 10.5 Å². The van der Waals surface area contributed by atoms with Crippen LogP contribution in [0.4, 0.5) is 0 Å². The molecule has 2 aromatic heterocycles. The van der Waals surface area contributed by atoms with Gasteiger partial charge in [-0.2, -0.15) is 0 Å². The second kappa shape index (κ2) is 6.69. The Hall–Kier alpha value is -3.45. The molecule has 1 N–H and O–H groups in total. The first kappa shape index (κ1) is 17.0. The maximum absolute atomic E-state index is 12.8. The molecule has 4 aromatic rings. The number of hydrogen-bond donors (Lipinski definition) is 1. The highest BCUT2D eigenvalue weighted by molar-refractivity contribution is 7.90. The summed E-state index contributed by atoms with van der Waals surface area (Å²) in [5.74, 6) is -0.685. The van der Waals surface area contributed by atoms with Crippen molar-refractivity contribution in [3.8, 4) is 5.69 Å². The van der Waals surface area contributed by atoms with Crippen molar-refractivity contribution in [2.24, 2.45) is 0 Å². The Morgan fingerprint density at radius 1 is 0.963 bits per heavy atom. The Balaban J connectivity index is 1.67. The lowest BCUT2D eigenvalue weighted by molar-refractivity contribution is 0.0981. The molecule has 27 heavy (non-hydrogen) atoms. The molecule has 0 aliphatic rings. The number of sulfonamides is 1. The van der Waals surface area contributed by atoms with Crippen molar-refractivity contribution in [3.05, 3.63) is 91.0 Å². The van der Waals surface area contributed by atoms with Gasteiger partial charge >= 0.3 is 0 Å². The van der Waals surface area contributed by atoms with Gasteiger partial charge < -0.3 is 4.57 Å². The molecule has 0 spiro atoms. The third-order valence-electron chi connectivity index (χ3n) is 4.17. The fourth-order valence-electron chi connectivity index (χ4n) is 2.88. The molecule has 2 heterocycles. The van der Waals surface area contributed by atoms with Gasteiger partial charge in [-0.05, 0) is 42.5 Å². The molecule has 1 amide bonds. The van der Waals surface area contributed by atoms with Gasteiger partial charge in [0.1, 0.15) is 0 Å². The lowest BCUT2D eigenvalue weighted by Gasteiger charge is -2.10.